The van der Waals surface area contributed by atoms with Gasteiger partial charge in [0.1, 0.15) is 0 Å². The van der Waals surface area contributed by atoms with E-state index in [2.05, 4.69) is 13.8 Å². The van der Waals surface area contributed by atoms with Crippen LogP contribution in [0.2, 0.25) is 0 Å². The van der Waals surface area contributed by atoms with Gasteiger partial charge in [0.15, 0.2) is 11.5 Å². The average Bonchev–Trinajstić information content (AvgIpc) is 2.89. The van der Waals surface area contributed by atoms with E-state index in [4.69, 9.17) is 0 Å². The molecule has 7 nitrogen and oxygen atoms in total. The molecule has 0 aromatic heterocycles. The highest BCUT2D eigenvalue weighted by atomic mass is 16.6. The van der Waals surface area contributed by atoms with E-state index >= 15 is 0 Å². The molecule has 1 N–H and O–H groups in total. The van der Waals surface area contributed by atoms with Crippen LogP contribution in [0.1, 0.15) is 58.1 Å². The molecule has 0 saturated heterocycles. The second-order valence-corrected chi connectivity index (χ2v) is 6.94. The summed E-state index contributed by atoms with van der Waals surface area (Å²) in [6.45, 7) is 5.91. The number of ketones is 1. The Bertz CT molecular complexity index is 754. The SMILES string of the molecule is CCCC[C@@H](CC)CN1C(=O)C(O)=C(C(C)=O)[C@H]1c1ccc([N+](=O)[O-])cc1. The Labute approximate surface area is 158 Å². The van der Waals surface area contributed by atoms with Crippen LogP contribution in [0.5, 0.6) is 0 Å². The van der Waals surface area contributed by atoms with Crippen LogP contribution in [-0.4, -0.2) is 33.2 Å². The molecule has 0 saturated carbocycles. The summed E-state index contributed by atoms with van der Waals surface area (Å²) in [5, 5.41) is 21.2. The number of carbonyl (C=O) groups is 2. The number of carbonyl (C=O) groups excluding carboxylic acids is 2. The molecule has 1 aromatic rings. The molecule has 2 atom stereocenters. The minimum atomic E-state index is -0.716. The van der Waals surface area contributed by atoms with Crippen LogP contribution in [0.15, 0.2) is 35.6 Å². The van der Waals surface area contributed by atoms with E-state index in [1.54, 1.807) is 0 Å². The third-order valence-corrected chi connectivity index (χ3v) is 5.10. The molecule has 2 rings (SSSR count). The summed E-state index contributed by atoms with van der Waals surface area (Å²) in [7, 11) is 0. The number of nitrogens with zero attached hydrogens (tertiary/aromatic N) is 2. The lowest BCUT2D eigenvalue weighted by Crippen LogP contribution is -2.35. The minimum Gasteiger partial charge on any atom is -0.503 e. The van der Waals surface area contributed by atoms with Crippen molar-refractivity contribution in [2.45, 2.75) is 52.5 Å². The van der Waals surface area contributed by atoms with Gasteiger partial charge in [0, 0.05) is 18.7 Å². The lowest BCUT2D eigenvalue weighted by molar-refractivity contribution is -0.384. The molecular weight excluding hydrogens is 348 g/mol. The van der Waals surface area contributed by atoms with Crippen molar-refractivity contribution in [1.82, 2.24) is 4.90 Å². The topological polar surface area (TPSA) is 101 Å². The number of amides is 1. The fourth-order valence-electron chi connectivity index (χ4n) is 3.52. The van der Waals surface area contributed by atoms with Gasteiger partial charge in [-0.05, 0) is 37.0 Å². The molecule has 1 aliphatic rings. The van der Waals surface area contributed by atoms with Crippen molar-refractivity contribution >= 4 is 17.4 Å². The Balaban J connectivity index is 2.40. The van der Waals surface area contributed by atoms with Gasteiger partial charge >= 0.3 is 0 Å². The Morgan fingerprint density at radius 1 is 1.30 bits per heavy atom. The zero-order chi connectivity index (χ0) is 20.1. The van der Waals surface area contributed by atoms with E-state index in [-0.39, 0.29) is 23.0 Å². The van der Waals surface area contributed by atoms with Gasteiger partial charge < -0.3 is 10.0 Å². The Hall–Kier alpha value is -2.70. The van der Waals surface area contributed by atoms with Gasteiger partial charge in [0.05, 0.1) is 16.5 Å². The van der Waals surface area contributed by atoms with E-state index in [1.807, 2.05) is 0 Å². The first kappa shape index (κ1) is 20.6. The van der Waals surface area contributed by atoms with Crippen molar-refractivity contribution in [1.29, 1.82) is 0 Å². The highest BCUT2D eigenvalue weighted by Crippen LogP contribution is 2.39. The predicted octanol–water partition coefficient (Wildman–Crippen LogP) is 4.10. The maximum Gasteiger partial charge on any atom is 0.290 e. The number of hydrogen-bond acceptors (Lipinski definition) is 5. The Kier molecular flexibility index (Phi) is 6.71. The normalized spacial score (nSPS) is 18.1. The first-order chi connectivity index (χ1) is 12.8. The summed E-state index contributed by atoms with van der Waals surface area (Å²) in [5.41, 5.74) is 0.564. The second kappa shape index (κ2) is 8.79. The standard InChI is InChI=1S/C20H26N2O5/c1-4-6-7-14(5-2)12-21-18(17(13(3)23)19(24)20(21)25)15-8-10-16(11-9-15)22(26)27/h8-11,14,18,24H,4-7,12H2,1-3H3/t14-,18-/m1/s1. The largest absolute Gasteiger partial charge is 0.503 e. The molecule has 0 bridgehead atoms. The van der Waals surface area contributed by atoms with Crippen molar-refractivity contribution in [2.75, 3.05) is 6.54 Å². The summed E-state index contributed by atoms with van der Waals surface area (Å²) >= 11 is 0. The molecule has 0 spiro atoms. The second-order valence-electron chi connectivity index (χ2n) is 6.94. The third-order valence-electron chi connectivity index (χ3n) is 5.10. The number of benzene rings is 1. The first-order valence-electron chi connectivity index (χ1n) is 9.31. The number of nitro benzene ring substituents is 1. The van der Waals surface area contributed by atoms with E-state index in [0.717, 1.165) is 25.7 Å². The van der Waals surface area contributed by atoms with E-state index in [9.17, 15) is 24.8 Å². The van der Waals surface area contributed by atoms with Gasteiger partial charge in [-0.1, -0.05) is 33.1 Å². The summed E-state index contributed by atoms with van der Waals surface area (Å²) in [5.74, 6) is -1.20. The number of hydrogen-bond donors (Lipinski definition) is 1. The van der Waals surface area contributed by atoms with Gasteiger partial charge in [-0.2, -0.15) is 0 Å². The Morgan fingerprint density at radius 3 is 2.41 bits per heavy atom. The van der Waals surface area contributed by atoms with Crippen LogP contribution in [0, 0.1) is 16.0 Å². The molecule has 0 radical (unpaired) electrons. The first-order valence-corrected chi connectivity index (χ1v) is 9.31. The van der Waals surface area contributed by atoms with Crippen LogP contribution in [0.25, 0.3) is 0 Å². The predicted molar refractivity (Wildman–Crippen MR) is 101 cm³/mol. The smallest absolute Gasteiger partial charge is 0.290 e. The molecular formula is C20H26N2O5. The molecule has 7 heteroatoms. The quantitative estimate of drug-likeness (QED) is 0.518. The fourth-order valence-corrected chi connectivity index (χ4v) is 3.52. The van der Waals surface area contributed by atoms with Gasteiger partial charge in [-0.3, -0.25) is 19.7 Å². The highest BCUT2D eigenvalue weighted by Gasteiger charge is 2.42. The minimum absolute atomic E-state index is 0.0548. The molecule has 1 aromatic carbocycles. The number of nitro groups is 1. The van der Waals surface area contributed by atoms with Crippen LogP contribution in [-0.2, 0) is 9.59 Å². The van der Waals surface area contributed by atoms with Crippen LogP contribution in [0.3, 0.4) is 0 Å². The van der Waals surface area contributed by atoms with Crippen molar-refractivity contribution in [3.8, 4) is 0 Å². The maximum atomic E-state index is 12.7. The summed E-state index contributed by atoms with van der Waals surface area (Å²) in [4.78, 5) is 36.7. The highest BCUT2D eigenvalue weighted by molar-refractivity contribution is 6.08. The molecule has 27 heavy (non-hydrogen) atoms. The third kappa shape index (κ3) is 4.35. The number of rotatable bonds is 9. The molecule has 0 unspecified atom stereocenters. The van der Waals surface area contributed by atoms with Crippen LogP contribution >= 0.6 is 0 Å². The molecule has 146 valence electrons. The molecule has 0 fully saturated rings. The van der Waals surface area contributed by atoms with Gasteiger partial charge in [-0.25, -0.2) is 0 Å². The van der Waals surface area contributed by atoms with E-state index < -0.39 is 22.6 Å². The number of unbranched alkanes of at least 4 members (excludes halogenated alkanes) is 1. The van der Waals surface area contributed by atoms with Crippen molar-refractivity contribution in [2.24, 2.45) is 5.92 Å². The number of non-ortho nitro benzene ring substituents is 1. The monoisotopic (exact) mass is 374 g/mol. The number of aliphatic hydroxyl groups is 1. The molecule has 1 heterocycles. The van der Waals surface area contributed by atoms with Crippen molar-refractivity contribution in [3.05, 3.63) is 51.3 Å². The molecule has 1 aliphatic heterocycles. The summed E-state index contributed by atoms with van der Waals surface area (Å²) in [6, 6.07) is 5.06. The van der Waals surface area contributed by atoms with E-state index in [1.165, 1.54) is 36.1 Å². The van der Waals surface area contributed by atoms with Gasteiger partial charge in [-0.15, -0.1) is 0 Å². The summed E-state index contributed by atoms with van der Waals surface area (Å²) in [6.07, 6.45) is 3.94. The molecule has 0 aliphatic carbocycles. The number of Topliss-reactive ketones (excluding diaryl/α,β-unsaturated/α-hetero) is 1. The average molecular weight is 374 g/mol. The lowest BCUT2D eigenvalue weighted by Gasteiger charge is -2.30. The van der Waals surface area contributed by atoms with Crippen LogP contribution in [0.4, 0.5) is 5.69 Å². The lowest BCUT2D eigenvalue weighted by atomic mass is 9.94. The fraction of sp³-hybridized carbons (Fsp3) is 0.500. The van der Waals surface area contributed by atoms with Crippen molar-refractivity contribution < 1.29 is 19.6 Å². The number of aliphatic hydroxyl groups excluding tert-OH is 1. The van der Waals surface area contributed by atoms with Crippen molar-refractivity contribution in [3.63, 3.8) is 0 Å². The maximum absolute atomic E-state index is 12.7. The Morgan fingerprint density at radius 2 is 1.93 bits per heavy atom. The van der Waals surface area contributed by atoms with Gasteiger partial charge in [0.25, 0.3) is 11.6 Å². The molecule has 1 amide bonds. The zero-order valence-corrected chi connectivity index (χ0v) is 16.0. The van der Waals surface area contributed by atoms with Gasteiger partial charge in [0.2, 0.25) is 0 Å². The van der Waals surface area contributed by atoms with Crippen LogP contribution < -0.4 is 0 Å². The summed E-state index contributed by atoms with van der Waals surface area (Å²) < 4.78 is 0. The van der Waals surface area contributed by atoms with E-state index in [0.29, 0.717) is 12.1 Å². The zero-order valence-electron chi connectivity index (χ0n) is 16.0.